The molecule has 1 aromatic heterocycles. The van der Waals surface area contributed by atoms with Gasteiger partial charge in [0.2, 0.25) is 5.90 Å². The maximum atomic E-state index is 11.5. The fourth-order valence-electron chi connectivity index (χ4n) is 6.66. The van der Waals surface area contributed by atoms with Crippen LogP contribution in [0.25, 0.3) is 0 Å². The number of nitrogens with two attached hydrogens (primary N) is 1. The smallest absolute Gasteiger partial charge is 0.336 e. The van der Waals surface area contributed by atoms with Crippen LogP contribution in [0.15, 0.2) is 18.2 Å². The SMILES string of the molecule is CNNc1nc(N2CCN(C3CCN(Cc4ccc(Cl)c(OCCS(C)(=O)=O)c4)CC3)C3(CC3C)C2)c(Cl)nc1C(=N)OC(C)=[NH2+]. The minimum absolute atomic E-state index is 0.0499. The molecule has 2 aromatic rings. The van der Waals surface area contributed by atoms with Gasteiger partial charge in [-0.3, -0.25) is 15.2 Å². The normalized spacial score (nSPS) is 22.6. The van der Waals surface area contributed by atoms with Crippen LogP contribution in [0.2, 0.25) is 10.2 Å². The van der Waals surface area contributed by atoms with Gasteiger partial charge in [-0.2, -0.15) is 0 Å². The van der Waals surface area contributed by atoms with Crippen LogP contribution in [-0.2, 0) is 21.1 Å². The lowest BCUT2D eigenvalue weighted by Gasteiger charge is -2.49. The van der Waals surface area contributed by atoms with E-state index in [1.165, 1.54) is 6.26 Å². The molecule has 0 bridgehead atoms. The summed E-state index contributed by atoms with van der Waals surface area (Å²) in [5, 5.41) is 14.6. The fraction of sp³-hybridized carbons (Fsp3) is 0.600. The molecule has 3 fully saturated rings. The first-order valence-electron chi connectivity index (χ1n) is 15.5. The number of nitrogens with one attached hydrogen (secondary N) is 3. The summed E-state index contributed by atoms with van der Waals surface area (Å²) in [6.07, 6.45) is 4.46. The molecule has 0 amide bonds. The van der Waals surface area contributed by atoms with E-state index in [0.29, 0.717) is 34.4 Å². The summed E-state index contributed by atoms with van der Waals surface area (Å²) >= 11 is 13.0. The van der Waals surface area contributed by atoms with Crippen molar-refractivity contribution in [2.45, 2.75) is 51.2 Å². The molecule has 2 atom stereocenters. The Kier molecular flexibility index (Phi) is 10.6. The fourth-order valence-corrected chi connectivity index (χ4v) is 7.46. The van der Waals surface area contributed by atoms with E-state index in [9.17, 15) is 8.42 Å². The Bertz CT molecular complexity index is 1570. The molecule has 1 spiro atoms. The van der Waals surface area contributed by atoms with E-state index < -0.39 is 9.84 Å². The number of halogens is 2. The van der Waals surface area contributed by atoms with Gasteiger partial charge in [-0.15, -0.1) is 0 Å². The molecular formula is C30H44Cl2N9O4S+. The summed E-state index contributed by atoms with van der Waals surface area (Å²) in [6, 6.07) is 6.23. The second-order valence-electron chi connectivity index (χ2n) is 12.5. The third kappa shape index (κ3) is 8.03. The summed E-state index contributed by atoms with van der Waals surface area (Å²) in [6.45, 7) is 9.15. The van der Waals surface area contributed by atoms with Gasteiger partial charge in [0.05, 0.1) is 17.7 Å². The van der Waals surface area contributed by atoms with Crippen molar-refractivity contribution < 1.29 is 23.3 Å². The maximum absolute atomic E-state index is 11.5. The molecular weight excluding hydrogens is 653 g/mol. The van der Waals surface area contributed by atoms with E-state index in [1.54, 1.807) is 14.0 Å². The summed E-state index contributed by atoms with van der Waals surface area (Å²) < 4.78 is 33.9. The number of rotatable bonds is 11. The van der Waals surface area contributed by atoms with Gasteiger partial charge in [-0.25, -0.2) is 29.2 Å². The van der Waals surface area contributed by atoms with Gasteiger partial charge in [-0.1, -0.05) is 36.2 Å². The summed E-state index contributed by atoms with van der Waals surface area (Å²) in [5.41, 5.74) is 7.13. The monoisotopic (exact) mass is 696 g/mol. The highest BCUT2D eigenvalue weighted by molar-refractivity contribution is 7.90. The van der Waals surface area contributed by atoms with Gasteiger partial charge in [0.1, 0.15) is 12.4 Å². The van der Waals surface area contributed by atoms with E-state index in [4.69, 9.17) is 48.5 Å². The van der Waals surface area contributed by atoms with E-state index in [0.717, 1.165) is 64.1 Å². The first-order valence-corrected chi connectivity index (χ1v) is 18.3. The number of piperidine rings is 1. The highest BCUT2D eigenvalue weighted by atomic mass is 35.5. The molecule has 13 nitrogen and oxygen atoms in total. The lowest BCUT2D eigenvalue weighted by atomic mass is 9.96. The Morgan fingerprint density at radius 2 is 1.91 bits per heavy atom. The molecule has 1 aliphatic carbocycles. The molecule has 46 heavy (non-hydrogen) atoms. The van der Waals surface area contributed by atoms with Crippen LogP contribution in [-0.4, -0.2) is 110 Å². The van der Waals surface area contributed by atoms with Gasteiger partial charge in [-0.05, 0) is 56.0 Å². The Balaban J connectivity index is 1.21. The van der Waals surface area contributed by atoms with Gasteiger partial charge in [0.15, 0.2) is 32.3 Å². The Morgan fingerprint density at radius 3 is 2.54 bits per heavy atom. The first-order chi connectivity index (χ1) is 21.8. The quantitative estimate of drug-likeness (QED) is 0.154. The zero-order chi connectivity index (χ0) is 33.2. The van der Waals surface area contributed by atoms with Gasteiger partial charge < -0.3 is 19.8 Å². The Hall–Kier alpha value is -2.75. The van der Waals surface area contributed by atoms with Crippen molar-refractivity contribution in [2.24, 2.45) is 5.92 Å². The zero-order valence-corrected chi connectivity index (χ0v) is 29.1. The molecule has 0 radical (unpaired) electrons. The summed E-state index contributed by atoms with van der Waals surface area (Å²) in [4.78, 5) is 16.7. The van der Waals surface area contributed by atoms with Crippen LogP contribution in [0, 0.1) is 11.3 Å². The highest BCUT2D eigenvalue weighted by Crippen LogP contribution is 2.52. The van der Waals surface area contributed by atoms with Crippen LogP contribution < -0.4 is 25.9 Å². The van der Waals surface area contributed by atoms with E-state index in [2.05, 4.69) is 37.5 Å². The molecule has 1 saturated carbocycles. The molecule has 3 aliphatic rings. The minimum Gasteiger partial charge on any atom is -0.491 e. The second-order valence-corrected chi connectivity index (χ2v) is 15.6. The first kappa shape index (κ1) is 34.6. The summed E-state index contributed by atoms with van der Waals surface area (Å²) in [7, 11) is -1.40. The molecule has 5 rings (SSSR count). The number of likely N-dealkylation sites (tertiary alicyclic amines) is 1. The number of hydrogen-bond acceptors (Lipinski definition) is 12. The molecule has 2 aliphatic heterocycles. The number of nitrogens with zero attached hydrogens (tertiary/aromatic N) is 5. The lowest BCUT2D eigenvalue weighted by Crippen LogP contribution is -2.61. The van der Waals surface area contributed by atoms with E-state index in [1.807, 2.05) is 18.2 Å². The van der Waals surface area contributed by atoms with E-state index >= 15 is 0 Å². The number of benzene rings is 1. The van der Waals surface area contributed by atoms with Crippen molar-refractivity contribution in [2.75, 3.05) is 68.7 Å². The van der Waals surface area contributed by atoms with Crippen LogP contribution in [0.3, 0.4) is 0 Å². The van der Waals surface area contributed by atoms with Gasteiger partial charge in [0.25, 0.3) is 0 Å². The molecule has 16 heteroatoms. The van der Waals surface area contributed by atoms with Crippen molar-refractivity contribution in [1.29, 1.82) is 5.41 Å². The number of aromatic nitrogens is 2. The Morgan fingerprint density at radius 1 is 1.20 bits per heavy atom. The number of piperazine rings is 1. The van der Waals surface area contributed by atoms with Crippen molar-refractivity contribution in [1.82, 2.24) is 25.2 Å². The van der Waals surface area contributed by atoms with Crippen molar-refractivity contribution >= 4 is 56.5 Å². The average molecular weight is 698 g/mol. The summed E-state index contributed by atoms with van der Waals surface area (Å²) in [5.74, 6) is 1.83. The molecule has 2 unspecified atom stereocenters. The highest BCUT2D eigenvalue weighted by Gasteiger charge is 2.59. The van der Waals surface area contributed by atoms with Crippen LogP contribution in [0.1, 0.15) is 44.4 Å². The molecule has 3 heterocycles. The molecule has 5 N–H and O–H groups in total. The average Bonchev–Trinajstić information content (AvgIpc) is 3.62. The standard InChI is InChI=1S/C30H43Cl2N9O4S/c1-19-16-30(19)18-40(29-26(32)36-25(27(34)45-20(2)33)28(37-29)38-35-3)11-12-41(30)22-7-9-39(10-8-22)17-21-5-6-23(31)24(15-21)44-13-14-46(4,42)43/h5-6,15,19,22,33-35H,7-14,16-18H2,1-4H3,(H,37,38)/p+1. The largest absolute Gasteiger partial charge is 0.491 e. The number of sulfone groups is 1. The predicted octanol–water partition coefficient (Wildman–Crippen LogP) is 1.84. The van der Waals surface area contributed by atoms with Gasteiger partial charge >= 0.3 is 5.90 Å². The molecule has 2 saturated heterocycles. The van der Waals surface area contributed by atoms with Crippen molar-refractivity contribution in [3.8, 4) is 5.75 Å². The van der Waals surface area contributed by atoms with Crippen LogP contribution in [0.5, 0.6) is 5.75 Å². The second kappa shape index (κ2) is 14.2. The van der Waals surface area contributed by atoms with Crippen molar-refractivity contribution in [3.05, 3.63) is 39.6 Å². The molecule has 1 aromatic carbocycles. The topological polar surface area (TPSA) is 162 Å². The van der Waals surface area contributed by atoms with Crippen molar-refractivity contribution in [3.63, 3.8) is 0 Å². The predicted molar refractivity (Wildman–Crippen MR) is 181 cm³/mol. The number of hydrazine groups is 1. The number of ether oxygens (including phenoxy) is 2. The van der Waals surface area contributed by atoms with Crippen LogP contribution >= 0.6 is 23.2 Å². The van der Waals surface area contributed by atoms with Gasteiger partial charge in [0, 0.05) is 51.1 Å². The maximum Gasteiger partial charge on any atom is 0.336 e. The third-order valence-electron chi connectivity index (χ3n) is 9.03. The van der Waals surface area contributed by atoms with E-state index in [-0.39, 0.29) is 40.5 Å². The zero-order valence-electron chi connectivity index (χ0n) is 26.8. The lowest BCUT2D eigenvalue weighted by molar-refractivity contribution is -0.133. The van der Waals surface area contributed by atoms with Crippen LogP contribution in [0.4, 0.5) is 11.6 Å². The molecule has 252 valence electrons. The minimum atomic E-state index is -3.11. The Labute approximate surface area is 280 Å². The third-order valence-corrected chi connectivity index (χ3v) is 10.5. The number of anilines is 2. The number of hydrogen-bond donors (Lipinski definition) is 4.